The summed E-state index contributed by atoms with van der Waals surface area (Å²) in [4.78, 5) is 12.6. The number of carbonyl (C=O) groups is 1. The number of sulfonamides is 2. The summed E-state index contributed by atoms with van der Waals surface area (Å²) < 4.78 is 56.3. The lowest BCUT2D eigenvalue weighted by Gasteiger charge is -2.12. The van der Waals surface area contributed by atoms with Gasteiger partial charge >= 0.3 is 0 Å². The molecule has 0 saturated carbocycles. The first-order valence-corrected chi connectivity index (χ1v) is 15.2. The average molecular weight is 605 g/mol. The van der Waals surface area contributed by atoms with Crippen molar-refractivity contribution in [3.8, 4) is 0 Å². The van der Waals surface area contributed by atoms with E-state index >= 15 is 0 Å². The van der Waals surface area contributed by atoms with Crippen molar-refractivity contribution in [3.63, 3.8) is 0 Å². The van der Waals surface area contributed by atoms with E-state index in [-0.39, 0.29) is 20.4 Å². The molecule has 0 spiro atoms. The predicted octanol–water partition coefficient (Wildman–Crippen LogP) is 6.46. The highest BCUT2D eigenvalue weighted by Crippen LogP contribution is 2.27. The van der Waals surface area contributed by atoms with Gasteiger partial charge in [-0.3, -0.25) is 14.2 Å². The molecule has 0 bridgehead atoms. The monoisotopic (exact) mass is 603 g/mol. The second-order valence-corrected chi connectivity index (χ2v) is 12.8. The van der Waals surface area contributed by atoms with Crippen molar-refractivity contribution in [2.75, 3.05) is 14.8 Å². The third-order valence-electron chi connectivity index (χ3n) is 5.63. The van der Waals surface area contributed by atoms with Crippen LogP contribution in [0, 0.1) is 13.8 Å². The van der Waals surface area contributed by atoms with Crippen LogP contribution in [0.15, 0.2) is 94.7 Å². The Morgan fingerprint density at radius 2 is 1.23 bits per heavy atom. The average Bonchev–Trinajstić information content (AvgIpc) is 2.88. The van der Waals surface area contributed by atoms with E-state index in [1.165, 1.54) is 48.5 Å². The van der Waals surface area contributed by atoms with E-state index in [9.17, 15) is 21.6 Å². The molecule has 0 radical (unpaired) electrons. The number of aryl methyl sites for hydroxylation is 2. The Morgan fingerprint density at radius 1 is 0.641 bits per heavy atom. The Balaban J connectivity index is 1.49. The second-order valence-electron chi connectivity index (χ2n) is 8.66. The quantitative estimate of drug-likeness (QED) is 0.213. The number of nitrogens with one attached hydrogen (secondary N) is 3. The first-order valence-electron chi connectivity index (χ1n) is 11.4. The Hall–Kier alpha value is -3.57. The van der Waals surface area contributed by atoms with Gasteiger partial charge in [0.25, 0.3) is 26.0 Å². The summed E-state index contributed by atoms with van der Waals surface area (Å²) >= 11 is 12.2. The molecule has 4 aromatic rings. The zero-order valence-electron chi connectivity index (χ0n) is 20.7. The maximum atomic E-state index is 12.9. The van der Waals surface area contributed by atoms with Gasteiger partial charge in [-0.2, -0.15) is 0 Å². The molecule has 0 unspecified atom stereocenters. The molecule has 0 aliphatic heterocycles. The minimum absolute atomic E-state index is 0.0285. The molecular formula is C27H23Cl2N3O5S2. The molecule has 0 heterocycles. The molecule has 3 N–H and O–H groups in total. The number of hydrogen-bond acceptors (Lipinski definition) is 5. The molecule has 4 aromatic carbocycles. The summed E-state index contributed by atoms with van der Waals surface area (Å²) in [6, 6.07) is 20.9. The molecule has 4 rings (SSSR count). The molecule has 0 aliphatic rings. The van der Waals surface area contributed by atoms with Crippen LogP contribution in [0.3, 0.4) is 0 Å². The molecule has 0 aliphatic carbocycles. The maximum absolute atomic E-state index is 12.9. The van der Waals surface area contributed by atoms with Crippen molar-refractivity contribution < 1.29 is 21.6 Å². The van der Waals surface area contributed by atoms with Gasteiger partial charge in [0.1, 0.15) is 4.90 Å². The number of anilines is 3. The van der Waals surface area contributed by atoms with E-state index in [1.54, 1.807) is 43.3 Å². The first-order chi connectivity index (χ1) is 18.3. The molecule has 0 aromatic heterocycles. The van der Waals surface area contributed by atoms with Crippen LogP contribution in [-0.4, -0.2) is 22.7 Å². The van der Waals surface area contributed by atoms with Crippen molar-refractivity contribution in [2.45, 2.75) is 23.6 Å². The van der Waals surface area contributed by atoms with Gasteiger partial charge in [-0.05, 0) is 86.1 Å². The normalized spacial score (nSPS) is 11.6. The fourth-order valence-corrected chi connectivity index (χ4v) is 6.29. The van der Waals surface area contributed by atoms with Gasteiger partial charge in [0.05, 0.1) is 15.6 Å². The van der Waals surface area contributed by atoms with E-state index in [0.29, 0.717) is 22.1 Å². The van der Waals surface area contributed by atoms with Crippen molar-refractivity contribution in [3.05, 3.63) is 112 Å². The number of carbonyl (C=O) groups excluding carboxylic acids is 1. The standard InChI is InChI=1S/C27H23Cl2N3O5S2/c1-17-3-7-21(8-4-17)31-39(36,37)26-15-19(6-14-24(26)28)27(33)30-20-10-12-23(13-11-20)38(34,35)32-22-9-5-18(2)25(29)16-22/h3-16,31-32H,1-2H3,(H,30,33). The maximum Gasteiger partial charge on any atom is 0.263 e. The zero-order valence-corrected chi connectivity index (χ0v) is 23.8. The van der Waals surface area contributed by atoms with Crippen LogP contribution in [0.4, 0.5) is 17.1 Å². The van der Waals surface area contributed by atoms with Crippen LogP contribution >= 0.6 is 23.2 Å². The smallest absolute Gasteiger partial charge is 0.263 e. The highest BCUT2D eigenvalue weighted by Gasteiger charge is 2.21. The van der Waals surface area contributed by atoms with E-state index in [0.717, 1.165) is 11.1 Å². The second kappa shape index (κ2) is 11.3. The Labute approximate surface area is 237 Å². The number of rotatable bonds is 8. The van der Waals surface area contributed by atoms with Gasteiger partial charge in [0, 0.05) is 22.0 Å². The van der Waals surface area contributed by atoms with Crippen molar-refractivity contribution in [1.29, 1.82) is 0 Å². The van der Waals surface area contributed by atoms with E-state index in [1.807, 2.05) is 6.92 Å². The van der Waals surface area contributed by atoms with Gasteiger partial charge in [-0.1, -0.05) is 47.0 Å². The van der Waals surface area contributed by atoms with Crippen LogP contribution in [0.2, 0.25) is 10.0 Å². The highest BCUT2D eigenvalue weighted by atomic mass is 35.5. The lowest BCUT2D eigenvalue weighted by Crippen LogP contribution is -2.17. The molecule has 0 atom stereocenters. The topological polar surface area (TPSA) is 121 Å². The number of amides is 1. The minimum Gasteiger partial charge on any atom is -0.322 e. The summed E-state index contributed by atoms with van der Waals surface area (Å²) in [6.45, 7) is 3.68. The minimum atomic E-state index is -4.08. The Morgan fingerprint density at radius 3 is 1.87 bits per heavy atom. The van der Waals surface area contributed by atoms with E-state index in [4.69, 9.17) is 23.2 Å². The third-order valence-corrected chi connectivity index (χ3v) is 9.30. The van der Waals surface area contributed by atoms with Gasteiger partial charge in [-0.15, -0.1) is 0 Å². The van der Waals surface area contributed by atoms with Crippen LogP contribution in [0.1, 0.15) is 21.5 Å². The van der Waals surface area contributed by atoms with Crippen LogP contribution in [0.25, 0.3) is 0 Å². The predicted molar refractivity (Wildman–Crippen MR) is 155 cm³/mol. The summed E-state index contributed by atoms with van der Waals surface area (Å²) in [5.41, 5.74) is 2.78. The SMILES string of the molecule is Cc1ccc(NS(=O)(=O)c2cc(C(=O)Nc3ccc(S(=O)(=O)Nc4ccc(C)c(Cl)c4)cc3)ccc2Cl)cc1. The third kappa shape index (κ3) is 6.90. The van der Waals surface area contributed by atoms with E-state index < -0.39 is 26.0 Å². The van der Waals surface area contributed by atoms with Crippen molar-refractivity contribution >= 4 is 66.2 Å². The lowest BCUT2D eigenvalue weighted by molar-refractivity contribution is 0.102. The van der Waals surface area contributed by atoms with Gasteiger partial charge in [-0.25, -0.2) is 16.8 Å². The largest absolute Gasteiger partial charge is 0.322 e. The summed E-state index contributed by atoms with van der Waals surface area (Å²) in [7, 11) is -7.99. The van der Waals surface area contributed by atoms with Gasteiger partial charge in [0.15, 0.2) is 0 Å². The summed E-state index contributed by atoms with van der Waals surface area (Å²) in [5.74, 6) is -0.610. The summed E-state index contributed by atoms with van der Waals surface area (Å²) in [6.07, 6.45) is 0. The molecule has 0 saturated heterocycles. The van der Waals surface area contributed by atoms with Gasteiger partial charge < -0.3 is 5.32 Å². The number of hydrogen-bond donors (Lipinski definition) is 3. The molecular weight excluding hydrogens is 581 g/mol. The Kier molecular flexibility index (Phi) is 8.22. The molecule has 39 heavy (non-hydrogen) atoms. The highest BCUT2D eigenvalue weighted by molar-refractivity contribution is 7.93. The molecule has 0 fully saturated rings. The molecule has 1 amide bonds. The Bertz CT molecular complexity index is 1760. The first kappa shape index (κ1) is 28.4. The van der Waals surface area contributed by atoms with Crippen LogP contribution in [-0.2, 0) is 20.0 Å². The molecule has 12 heteroatoms. The molecule has 8 nitrogen and oxygen atoms in total. The van der Waals surface area contributed by atoms with Crippen molar-refractivity contribution in [2.24, 2.45) is 0 Å². The molecule has 202 valence electrons. The van der Waals surface area contributed by atoms with Crippen LogP contribution < -0.4 is 14.8 Å². The van der Waals surface area contributed by atoms with Crippen molar-refractivity contribution in [1.82, 2.24) is 0 Å². The number of benzene rings is 4. The van der Waals surface area contributed by atoms with Crippen LogP contribution in [0.5, 0.6) is 0 Å². The van der Waals surface area contributed by atoms with E-state index in [2.05, 4.69) is 14.8 Å². The number of halogens is 2. The van der Waals surface area contributed by atoms with Gasteiger partial charge in [0.2, 0.25) is 0 Å². The fraction of sp³-hybridized carbons (Fsp3) is 0.0741. The zero-order chi connectivity index (χ0) is 28.4. The lowest BCUT2D eigenvalue weighted by atomic mass is 10.2. The summed E-state index contributed by atoms with van der Waals surface area (Å²) in [5, 5.41) is 3.00. The fourth-order valence-electron chi connectivity index (χ4n) is 3.47.